The maximum atomic E-state index is 6.38. The van der Waals surface area contributed by atoms with E-state index >= 15 is 0 Å². The van der Waals surface area contributed by atoms with E-state index in [1.807, 2.05) is 0 Å². The minimum absolute atomic E-state index is 0.118. The lowest BCUT2D eigenvalue weighted by Crippen LogP contribution is -2.33. The summed E-state index contributed by atoms with van der Waals surface area (Å²) in [6.07, 6.45) is 5.74. The van der Waals surface area contributed by atoms with Gasteiger partial charge in [0.2, 0.25) is 0 Å². The SMILES string of the molecule is CN(C)CCc1nc(C2(N)CCCC2)cs1. The summed E-state index contributed by atoms with van der Waals surface area (Å²) in [6.45, 7) is 1.06. The maximum Gasteiger partial charge on any atom is 0.0941 e. The lowest BCUT2D eigenvalue weighted by atomic mass is 9.96. The van der Waals surface area contributed by atoms with E-state index in [0.717, 1.165) is 31.5 Å². The highest BCUT2D eigenvalue weighted by Gasteiger charge is 2.33. The largest absolute Gasteiger partial charge is 0.320 e. The first-order chi connectivity index (χ1) is 7.60. The second kappa shape index (κ2) is 4.82. The summed E-state index contributed by atoms with van der Waals surface area (Å²) < 4.78 is 0. The minimum atomic E-state index is -0.118. The molecule has 1 fully saturated rings. The number of likely N-dealkylation sites (N-methyl/N-ethyl adjacent to an activating group) is 1. The van der Waals surface area contributed by atoms with Crippen LogP contribution in [0.25, 0.3) is 0 Å². The summed E-state index contributed by atoms with van der Waals surface area (Å²) >= 11 is 1.76. The van der Waals surface area contributed by atoms with Crippen molar-refractivity contribution in [2.45, 2.75) is 37.6 Å². The first-order valence-electron chi connectivity index (χ1n) is 5.99. The van der Waals surface area contributed by atoms with Gasteiger partial charge in [0.05, 0.1) is 16.2 Å². The van der Waals surface area contributed by atoms with Crippen LogP contribution in [0.1, 0.15) is 36.4 Å². The van der Waals surface area contributed by atoms with E-state index in [9.17, 15) is 0 Å². The van der Waals surface area contributed by atoms with Crippen LogP contribution in [0.15, 0.2) is 5.38 Å². The van der Waals surface area contributed by atoms with E-state index in [4.69, 9.17) is 10.7 Å². The molecule has 1 aliphatic rings. The van der Waals surface area contributed by atoms with Crippen LogP contribution >= 0.6 is 11.3 Å². The summed E-state index contributed by atoms with van der Waals surface area (Å²) in [7, 11) is 4.19. The predicted octanol–water partition coefficient (Wildman–Crippen LogP) is 1.98. The molecule has 0 saturated heterocycles. The van der Waals surface area contributed by atoms with Gasteiger partial charge in [-0.25, -0.2) is 4.98 Å². The molecule has 2 N–H and O–H groups in total. The van der Waals surface area contributed by atoms with Gasteiger partial charge in [0, 0.05) is 18.3 Å². The molecule has 90 valence electrons. The lowest BCUT2D eigenvalue weighted by Gasteiger charge is -2.20. The van der Waals surface area contributed by atoms with Gasteiger partial charge in [0.25, 0.3) is 0 Å². The van der Waals surface area contributed by atoms with Gasteiger partial charge < -0.3 is 10.6 Å². The second-order valence-electron chi connectivity index (χ2n) is 5.04. The number of hydrogen-bond donors (Lipinski definition) is 1. The molecule has 3 nitrogen and oxygen atoms in total. The van der Waals surface area contributed by atoms with E-state index in [1.54, 1.807) is 11.3 Å². The van der Waals surface area contributed by atoms with E-state index in [-0.39, 0.29) is 5.54 Å². The molecule has 1 saturated carbocycles. The number of nitrogens with two attached hydrogens (primary N) is 1. The predicted molar refractivity (Wildman–Crippen MR) is 68.7 cm³/mol. The van der Waals surface area contributed by atoms with Crippen LogP contribution in [-0.2, 0) is 12.0 Å². The molecule has 1 heterocycles. The summed E-state index contributed by atoms with van der Waals surface area (Å²) in [6, 6.07) is 0. The summed E-state index contributed by atoms with van der Waals surface area (Å²) in [5.41, 5.74) is 7.39. The fourth-order valence-electron chi connectivity index (χ4n) is 2.24. The third kappa shape index (κ3) is 2.62. The topological polar surface area (TPSA) is 42.2 Å². The van der Waals surface area contributed by atoms with Crippen molar-refractivity contribution in [1.29, 1.82) is 0 Å². The van der Waals surface area contributed by atoms with E-state index in [0.29, 0.717) is 0 Å². The Bertz CT molecular complexity index is 340. The molecule has 0 unspecified atom stereocenters. The van der Waals surface area contributed by atoms with Gasteiger partial charge in [-0.05, 0) is 26.9 Å². The molecule has 0 aliphatic heterocycles. The number of nitrogens with zero attached hydrogens (tertiary/aromatic N) is 2. The quantitative estimate of drug-likeness (QED) is 0.873. The Kier molecular flexibility index (Phi) is 3.62. The highest BCUT2D eigenvalue weighted by Crippen LogP contribution is 2.36. The van der Waals surface area contributed by atoms with Gasteiger partial charge in [-0.15, -0.1) is 11.3 Å². The Hall–Kier alpha value is -0.450. The van der Waals surface area contributed by atoms with Crippen molar-refractivity contribution in [1.82, 2.24) is 9.88 Å². The van der Waals surface area contributed by atoms with Crippen LogP contribution in [-0.4, -0.2) is 30.5 Å². The van der Waals surface area contributed by atoms with Crippen molar-refractivity contribution in [3.8, 4) is 0 Å². The average molecular weight is 239 g/mol. The van der Waals surface area contributed by atoms with Crippen LogP contribution in [0.4, 0.5) is 0 Å². The highest BCUT2D eigenvalue weighted by atomic mass is 32.1. The molecule has 1 aromatic rings. The van der Waals surface area contributed by atoms with Crippen LogP contribution in [0.5, 0.6) is 0 Å². The molecule has 0 amide bonds. The van der Waals surface area contributed by atoms with E-state index in [2.05, 4.69) is 24.4 Å². The zero-order chi connectivity index (χ0) is 11.6. The van der Waals surface area contributed by atoms with Crippen molar-refractivity contribution < 1.29 is 0 Å². The minimum Gasteiger partial charge on any atom is -0.320 e. The number of rotatable bonds is 4. The molecule has 0 atom stereocenters. The Labute approximate surface area is 102 Å². The maximum absolute atomic E-state index is 6.38. The molecular formula is C12H21N3S. The molecule has 0 aromatic carbocycles. The number of hydrogen-bond acceptors (Lipinski definition) is 4. The van der Waals surface area contributed by atoms with Crippen molar-refractivity contribution in [3.63, 3.8) is 0 Å². The van der Waals surface area contributed by atoms with E-state index in [1.165, 1.54) is 17.8 Å². The van der Waals surface area contributed by atoms with Gasteiger partial charge in [-0.1, -0.05) is 12.8 Å². The Morgan fingerprint density at radius 2 is 2.12 bits per heavy atom. The zero-order valence-corrected chi connectivity index (χ0v) is 11.0. The molecule has 0 radical (unpaired) electrons. The number of thiazole rings is 1. The van der Waals surface area contributed by atoms with Gasteiger partial charge >= 0.3 is 0 Å². The highest BCUT2D eigenvalue weighted by molar-refractivity contribution is 7.09. The summed E-state index contributed by atoms with van der Waals surface area (Å²) in [5.74, 6) is 0. The van der Waals surface area contributed by atoms with Gasteiger partial charge in [-0.3, -0.25) is 0 Å². The van der Waals surface area contributed by atoms with Crippen LogP contribution < -0.4 is 5.73 Å². The molecule has 0 spiro atoms. The Morgan fingerprint density at radius 1 is 1.44 bits per heavy atom. The van der Waals surface area contributed by atoms with Crippen LogP contribution in [0.3, 0.4) is 0 Å². The van der Waals surface area contributed by atoms with Gasteiger partial charge in [0.1, 0.15) is 0 Å². The normalized spacial score (nSPS) is 19.5. The van der Waals surface area contributed by atoms with Crippen LogP contribution in [0, 0.1) is 0 Å². The van der Waals surface area contributed by atoms with E-state index < -0.39 is 0 Å². The summed E-state index contributed by atoms with van der Waals surface area (Å²) in [5, 5.41) is 3.39. The van der Waals surface area contributed by atoms with Crippen LogP contribution in [0.2, 0.25) is 0 Å². The van der Waals surface area contributed by atoms with Gasteiger partial charge in [0.15, 0.2) is 0 Å². The van der Waals surface area contributed by atoms with Crippen molar-refractivity contribution >= 4 is 11.3 Å². The lowest BCUT2D eigenvalue weighted by molar-refractivity contribution is 0.411. The third-order valence-electron chi connectivity index (χ3n) is 3.33. The first-order valence-corrected chi connectivity index (χ1v) is 6.87. The van der Waals surface area contributed by atoms with Crippen molar-refractivity contribution in [2.24, 2.45) is 5.73 Å². The standard InChI is InChI=1S/C12H21N3S/c1-15(2)8-5-11-14-10(9-16-11)12(13)6-3-4-7-12/h9H,3-8,13H2,1-2H3. The average Bonchev–Trinajstić information content (AvgIpc) is 2.84. The second-order valence-corrected chi connectivity index (χ2v) is 5.99. The third-order valence-corrected chi connectivity index (χ3v) is 4.24. The smallest absolute Gasteiger partial charge is 0.0941 e. The van der Waals surface area contributed by atoms with Gasteiger partial charge in [-0.2, -0.15) is 0 Å². The molecule has 1 aromatic heterocycles. The zero-order valence-electron chi connectivity index (χ0n) is 10.2. The molecule has 16 heavy (non-hydrogen) atoms. The fraction of sp³-hybridized carbons (Fsp3) is 0.750. The Balaban J connectivity index is 2.01. The molecular weight excluding hydrogens is 218 g/mol. The van der Waals surface area contributed by atoms with Crippen molar-refractivity contribution in [2.75, 3.05) is 20.6 Å². The fourth-order valence-corrected chi connectivity index (χ4v) is 3.13. The molecule has 1 aliphatic carbocycles. The molecule has 2 rings (SSSR count). The van der Waals surface area contributed by atoms with Crippen molar-refractivity contribution in [3.05, 3.63) is 16.1 Å². The summed E-state index contributed by atoms with van der Waals surface area (Å²) in [4.78, 5) is 6.89. The first kappa shape index (κ1) is 12.0. The molecule has 0 bridgehead atoms. The Morgan fingerprint density at radius 3 is 2.75 bits per heavy atom. The number of aromatic nitrogens is 1. The monoisotopic (exact) mass is 239 g/mol. The molecule has 4 heteroatoms.